The molecule has 9 heteroatoms. The van der Waals surface area contributed by atoms with Gasteiger partial charge in [-0.25, -0.2) is 9.97 Å². The zero-order valence-electron chi connectivity index (χ0n) is 17.2. The van der Waals surface area contributed by atoms with E-state index in [0.29, 0.717) is 50.5 Å². The highest BCUT2D eigenvalue weighted by molar-refractivity contribution is 5.97. The number of hydrogen-bond donors (Lipinski definition) is 1. The van der Waals surface area contributed by atoms with Gasteiger partial charge in [0.1, 0.15) is 0 Å². The summed E-state index contributed by atoms with van der Waals surface area (Å²) in [4.78, 5) is 48.7. The SMILES string of the molecule is O=C(COC(=O)C1CCN(c2ncccn2)CC1)Nc1cccc(N2CCCC2=O)c1. The van der Waals surface area contributed by atoms with Crippen LogP contribution in [0.15, 0.2) is 42.7 Å². The van der Waals surface area contributed by atoms with Gasteiger partial charge in [0.2, 0.25) is 11.9 Å². The number of carbonyl (C=O) groups excluding carboxylic acids is 3. The summed E-state index contributed by atoms with van der Waals surface area (Å²) in [5.74, 6) is -0.264. The van der Waals surface area contributed by atoms with E-state index in [2.05, 4.69) is 15.3 Å². The van der Waals surface area contributed by atoms with Crippen LogP contribution in [0.1, 0.15) is 25.7 Å². The van der Waals surface area contributed by atoms with Crippen LogP contribution in [0.2, 0.25) is 0 Å². The molecular formula is C22H25N5O4. The van der Waals surface area contributed by atoms with Crippen molar-refractivity contribution in [2.75, 3.05) is 41.4 Å². The molecule has 0 saturated carbocycles. The number of hydrogen-bond acceptors (Lipinski definition) is 7. The van der Waals surface area contributed by atoms with Crippen LogP contribution < -0.4 is 15.1 Å². The Bertz CT molecular complexity index is 944. The van der Waals surface area contributed by atoms with E-state index in [1.54, 1.807) is 41.6 Å². The number of carbonyl (C=O) groups is 3. The Morgan fingerprint density at radius 2 is 1.87 bits per heavy atom. The zero-order chi connectivity index (χ0) is 21.6. The van der Waals surface area contributed by atoms with Crippen LogP contribution >= 0.6 is 0 Å². The number of ether oxygens (including phenoxy) is 1. The fraction of sp³-hybridized carbons (Fsp3) is 0.409. The maximum atomic E-state index is 12.4. The topological polar surface area (TPSA) is 105 Å². The van der Waals surface area contributed by atoms with Crippen LogP contribution in [-0.4, -0.2) is 54.0 Å². The highest BCUT2D eigenvalue weighted by Crippen LogP contribution is 2.24. The van der Waals surface area contributed by atoms with Crippen molar-refractivity contribution < 1.29 is 19.1 Å². The van der Waals surface area contributed by atoms with Gasteiger partial charge in [0, 0.05) is 49.8 Å². The minimum Gasteiger partial charge on any atom is -0.455 e. The first-order valence-corrected chi connectivity index (χ1v) is 10.5. The molecule has 2 aromatic rings. The van der Waals surface area contributed by atoms with Gasteiger partial charge in [-0.3, -0.25) is 14.4 Å². The van der Waals surface area contributed by atoms with Crippen LogP contribution in [0.4, 0.5) is 17.3 Å². The first-order chi connectivity index (χ1) is 15.1. The summed E-state index contributed by atoms with van der Waals surface area (Å²) in [5.41, 5.74) is 1.32. The zero-order valence-corrected chi connectivity index (χ0v) is 17.2. The Kier molecular flexibility index (Phi) is 6.40. The van der Waals surface area contributed by atoms with Crippen LogP contribution in [0, 0.1) is 5.92 Å². The molecule has 2 amide bonds. The molecule has 2 saturated heterocycles. The Labute approximate surface area is 180 Å². The van der Waals surface area contributed by atoms with Crippen LogP contribution in [0.5, 0.6) is 0 Å². The fourth-order valence-electron chi connectivity index (χ4n) is 3.89. The Morgan fingerprint density at radius 1 is 1.10 bits per heavy atom. The highest BCUT2D eigenvalue weighted by atomic mass is 16.5. The normalized spacial score (nSPS) is 17.0. The molecule has 2 aliphatic heterocycles. The summed E-state index contributed by atoms with van der Waals surface area (Å²) in [6, 6.07) is 8.88. The molecule has 1 N–H and O–H groups in total. The number of nitrogens with zero attached hydrogens (tertiary/aromatic N) is 4. The average Bonchev–Trinajstić information content (AvgIpc) is 3.24. The summed E-state index contributed by atoms with van der Waals surface area (Å²) in [7, 11) is 0. The van der Waals surface area contributed by atoms with Crippen molar-refractivity contribution in [3.63, 3.8) is 0 Å². The number of anilines is 3. The number of benzene rings is 1. The molecule has 3 heterocycles. The van der Waals surface area contributed by atoms with Crippen molar-refractivity contribution in [1.82, 2.24) is 9.97 Å². The van der Waals surface area contributed by atoms with Crippen molar-refractivity contribution in [1.29, 1.82) is 0 Å². The average molecular weight is 423 g/mol. The van der Waals surface area contributed by atoms with Gasteiger partial charge in [0.25, 0.3) is 5.91 Å². The summed E-state index contributed by atoms with van der Waals surface area (Å²) in [6.45, 7) is 1.67. The monoisotopic (exact) mass is 423 g/mol. The smallest absolute Gasteiger partial charge is 0.309 e. The predicted molar refractivity (Wildman–Crippen MR) is 115 cm³/mol. The molecule has 162 valence electrons. The van der Waals surface area contributed by atoms with E-state index in [-0.39, 0.29) is 24.4 Å². The lowest BCUT2D eigenvalue weighted by Crippen LogP contribution is -2.38. The van der Waals surface area contributed by atoms with E-state index in [9.17, 15) is 14.4 Å². The number of aromatic nitrogens is 2. The van der Waals surface area contributed by atoms with E-state index in [1.807, 2.05) is 11.0 Å². The first-order valence-electron chi connectivity index (χ1n) is 10.5. The fourth-order valence-corrected chi connectivity index (χ4v) is 3.89. The van der Waals surface area contributed by atoms with Crippen molar-refractivity contribution in [2.45, 2.75) is 25.7 Å². The van der Waals surface area contributed by atoms with Gasteiger partial charge < -0.3 is 19.9 Å². The Morgan fingerprint density at radius 3 is 2.58 bits per heavy atom. The second-order valence-electron chi connectivity index (χ2n) is 7.67. The molecule has 0 bridgehead atoms. The van der Waals surface area contributed by atoms with Gasteiger partial charge in [-0.2, -0.15) is 0 Å². The maximum absolute atomic E-state index is 12.4. The van der Waals surface area contributed by atoms with Gasteiger partial charge in [0.05, 0.1) is 5.92 Å². The van der Waals surface area contributed by atoms with Crippen LogP contribution in [0.25, 0.3) is 0 Å². The summed E-state index contributed by atoms with van der Waals surface area (Å²) >= 11 is 0. The number of amides is 2. The molecule has 1 aromatic carbocycles. The van der Waals surface area contributed by atoms with Gasteiger partial charge in [-0.05, 0) is 43.5 Å². The van der Waals surface area contributed by atoms with Crippen molar-refractivity contribution >= 4 is 35.1 Å². The van der Waals surface area contributed by atoms with Crippen molar-refractivity contribution in [3.05, 3.63) is 42.7 Å². The first kappa shape index (κ1) is 20.8. The molecule has 0 radical (unpaired) electrons. The molecule has 4 rings (SSSR count). The van der Waals surface area contributed by atoms with E-state index in [1.165, 1.54) is 0 Å². The number of esters is 1. The lowest BCUT2D eigenvalue weighted by atomic mass is 9.97. The van der Waals surface area contributed by atoms with Crippen molar-refractivity contribution in [2.24, 2.45) is 5.92 Å². The third kappa shape index (κ3) is 5.17. The van der Waals surface area contributed by atoms with E-state index >= 15 is 0 Å². The summed E-state index contributed by atoms with van der Waals surface area (Å²) in [6.07, 6.45) is 6.03. The minimum atomic E-state index is -0.409. The molecule has 0 atom stereocenters. The summed E-state index contributed by atoms with van der Waals surface area (Å²) < 4.78 is 5.24. The molecule has 2 fully saturated rings. The minimum absolute atomic E-state index is 0.0854. The number of nitrogens with one attached hydrogen (secondary N) is 1. The van der Waals surface area contributed by atoms with Crippen LogP contribution in [0.3, 0.4) is 0 Å². The highest BCUT2D eigenvalue weighted by Gasteiger charge is 2.27. The van der Waals surface area contributed by atoms with E-state index in [0.717, 1.165) is 12.1 Å². The van der Waals surface area contributed by atoms with Gasteiger partial charge >= 0.3 is 5.97 Å². The lowest BCUT2D eigenvalue weighted by Gasteiger charge is -2.30. The molecule has 9 nitrogen and oxygen atoms in total. The summed E-state index contributed by atoms with van der Waals surface area (Å²) in [5, 5.41) is 2.73. The lowest BCUT2D eigenvalue weighted by molar-refractivity contribution is -0.152. The molecule has 0 aliphatic carbocycles. The largest absolute Gasteiger partial charge is 0.455 e. The molecule has 31 heavy (non-hydrogen) atoms. The van der Waals surface area contributed by atoms with Crippen LogP contribution in [-0.2, 0) is 19.1 Å². The van der Waals surface area contributed by atoms with E-state index in [4.69, 9.17) is 4.74 Å². The number of piperidine rings is 1. The molecule has 0 spiro atoms. The Balaban J connectivity index is 1.23. The predicted octanol–water partition coefficient (Wildman–Crippen LogP) is 2.00. The molecule has 0 unspecified atom stereocenters. The maximum Gasteiger partial charge on any atom is 0.309 e. The molecule has 1 aromatic heterocycles. The third-order valence-electron chi connectivity index (χ3n) is 5.52. The quantitative estimate of drug-likeness (QED) is 0.709. The van der Waals surface area contributed by atoms with Gasteiger partial charge in [-0.1, -0.05) is 6.07 Å². The Hall–Kier alpha value is -3.49. The van der Waals surface area contributed by atoms with E-state index < -0.39 is 5.91 Å². The van der Waals surface area contributed by atoms with Gasteiger partial charge in [0.15, 0.2) is 6.61 Å². The molecular weight excluding hydrogens is 398 g/mol. The second-order valence-corrected chi connectivity index (χ2v) is 7.67. The third-order valence-corrected chi connectivity index (χ3v) is 5.52. The molecule has 2 aliphatic rings. The van der Waals surface area contributed by atoms with Gasteiger partial charge in [-0.15, -0.1) is 0 Å². The standard InChI is InChI=1S/C22H25N5O4/c28-19(25-17-4-1-5-18(14-17)27-11-2-6-20(27)29)15-31-21(30)16-7-12-26(13-8-16)22-23-9-3-10-24-22/h1,3-5,9-10,14,16H,2,6-8,11-13,15H2,(H,25,28). The second kappa shape index (κ2) is 9.55. The number of rotatable bonds is 6. The van der Waals surface area contributed by atoms with Crippen molar-refractivity contribution in [3.8, 4) is 0 Å².